The standard InChI is InChI=1S/C22H15F3N6O3S/c1-13(14-7-9-16(10-8-14)31(33)34)27-28-20(32)18-12-35-21(26-18)30-19(22(23,24)25)11-17(29-30)15-5-3-2-4-6-15/h2-12H,1H3,(H,28,32)/b27-13+. The largest absolute Gasteiger partial charge is 0.433 e. The fourth-order valence-electron chi connectivity index (χ4n) is 3.03. The summed E-state index contributed by atoms with van der Waals surface area (Å²) in [5.74, 6) is -0.738. The van der Waals surface area contributed by atoms with Crippen molar-refractivity contribution in [3.8, 4) is 16.4 Å². The van der Waals surface area contributed by atoms with Gasteiger partial charge in [-0.2, -0.15) is 23.4 Å². The topological polar surface area (TPSA) is 115 Å². The first-order chi connectivity index (χ1) is 16.6. The summed E-state index contributed by atoms with van der Waals surface area (Å²) >= 11 is 0.821. The third-order valence-corrected chi connectivity index (χ3v) is 5.61. The number of alkyl halides is 3. The van der Waals surface area contributed by atoms with Gasteiger partial charge in [-0.05, 0) is 30.7 Å². The highest BCUT2D eigenvalue weighted by atomic mass is 32.1. The third kappa shape index (κ3) is 5.24. The van der Waals surface area contributed by atoms with E-state index in [0.29, 0.717) is 21.5 Å². The Morgan fingerprint density at radius 2 is 1.83 bits per heavy atom. The molecule has 4 rings (SSSR count). The zero-order valence-electron chi connectivity index (χ0n) is 17.9. The molecule has 1 N–H and O–H groups in total. The van der Waals surface area contributed by atoms with Gasteiger partial charge in [0.05, 0.1) is 16.3 Å². The molecule has 0 spiro atoms. The van der Waals surface area contributed by atoms with E-state index < -0.39 is 22.7 Å². The summed E-state index contributed by atoms with van der Waals surface area (Å²) < 4.78 is 41.6. The zero-order valence-corrected chi connectivity index (χ0v) is 18.7. The molecule has 0 aliphatic carbocycles. The highest BCUT2D eigenvalue weighted by Crippen LogP contribution is 2.34. The number of nitrogens with one attached hydrogen (secondary N) is 1. The predicted octanol–water partition coefficient (Wildman–Crippen LogP) is 5.08. The van der Waals surface area contributed by atoms with Crippen LogP contribution in [0.3, 0.4) is 0 Å². The average Bonchev–Trinajstić information content (AvgIpc) is 3.50. The number of aromatic nitrogens is 3. The third-order valence-electron chi connectivity index (χ3n) is 4.80. The first-order valence-electron chi connectivity index (χ1n) is 9.91. The van der Waals surface area contributed by atoms with Gasteiger partial charge in [-0.3, -0.25) is 14.9 Å². The minimum Gasteiger partial charge on any atom is -0.266 e. The molecule has 0 saturated heterocycles. The number of non-ortho nitro benzene ring substituents is 1. The normalized spacial score (nSPS) is 11.9. The maximum Gasteiger partial charge on any atom is 0.433 e. The van der Waals surface area contributed by atoms with Crippen LogP contribution in [0.15, 0.2) is 71.1 Å². The lowest BCUT2D eigenvalue weighted by Crippen LogP contribution is -2.20. The number of hydrogen-bond donors (Lipinski definition) is 1. The van der Waals surface area contributed by atoms with E-state index >= 15 is 0 Å². The number of thiazole rings is 1. The molecule has 35 heavy (non-hydrogen) atoms. The summed E-state index contributed by atoms with van der Waals surface area (Å²) in [5, 5.41) is 19.9. The molecule has 0 unspecified atom stereocenters. The molecule has 2 aromatic heterocycles. The molecule has 0 fully saturated rings. The van der Waals surface area contributed by atoms with Gasteiger partial charge in [0.2, 0.25) is 5.13 Å². The van der Waals surface area contributed by atoms with E-state index in [1.165, 1.54) is 29.6 Å². The van der Waals surface area contributed by atoms with Gasteiger partial charge in [0.1, 0.15) is 5.69 Å². The van der Waals surface area contributed by atoms with Crippen molar-refractivity contribution in [2.45, 2.75) is 13.1 Å². The maximum absolute atomic E-state index is 13.7. The minimum atomic E-state index is -4.69. The smallest absolute Gasteiger partial charge is 0.266 e. The van der Waals surface area contributed by atoms with Crippen LogP contribution in [0.4, 0.5) is 18.9 Å². The Labute approximate surface area is 199 Å². The van der Waals surface area contributed by atoms with Gasteiger partial charge in [-0.15, -0.1) is 11.3 Å². The molecule has 0 saturated carbocycles. The van der Waals surface area contributed by atoms with Crippen LogP contribution in [0.1, 0.15) is 28.7 Å². The molecule has 0 aliphatic rings. The molecule has 0 bridgehead atoms. The van der Waals surface area contributed by atoms with Crippen molar-refractivity contribution in [1.82, 2.24) is 20.2 Å². The summed E-state index contributed by atoms with van der Waals surface area (Å²) in [6, 6.07) is 14.9. The Balaban J connectivity index is 1.56. The lowest BCUT2D eigenvalue weighted by atomic mass is 10.1. The van der Waals surface area contributed by atoms with Gasteiger partial charge in [0, 0.05) is 23.1 Å². The summed E-state index contributed by atoms with van der Waals surface area (Å²) in [6.07, 6.45) is -4.69. The molecule has 0 atom stereocenters. The Hall–Kier alpha value is -4.39. The predicted molar refractivity (Wildman–Crippen MR) is 122 cm³/mol. The highest BCUT2D eigenvalue weighted by molar-refractivity contribution is 7.12. The molecule has 2 heterocycles. The number of nitro groups is 1. The van der Waals surface area contributed by atoms with E-state index in [2.05, 4.69) is 20.6 Å². The van der Waals surface area contributed by atoms with E-state index in [9.17, 15) is 28.1 Å². The van der Waals surface area contributed by atoms with Crippen molar-refractivity contribution in [2.24, 2.45) is 5.10 Å². The van der Waals surface area contributed by atoms with E-state index in [1.54, 1.807) is 37.3 Å². The van der Waals surface area contributed by atoms with Crippen molar-refractivity contribution in [3.63, 3.8) is 0 Å². The van der Waals surface area contributed by atoms with Crippen LogP contribution >= 0.6 is 11.3 Å². The number of carbonyl (C=O) groups is 1. The van der Waals surface area contributed by atoms with Crippen LogP contribution < -0.4 is 5.43 Å². The highest BCUT2D eigenvalue weighted by Gasteiger charge is 2.37. The van der Waals surface area contributed by atoms with Crippen LogP contribution in [-0.2, 0) is 6.18 Å². The van der Waals surface area contributed by atoms with Crippen molar-refractivity contribution in [1.29, 1.82) is 0 Å². The van der Waals surface area contributed by atoms with Crippen molar-refractivity contribution in [2.75, 3.05) is 0 Å². The quantitative estimate of drug-likeness (QED) is 0.225. The van der Waals surface area contributed by atoms with Crippen molar-refractivity contribution < 1.29 is 22.9 Å². The maximum atomic E-state index is 13.7. The lowest BCUT2D eigenvalue weighted by molar-refractivity contribution is -0.384. The number of halogens is 3. The Bertz CT molecular complexity index is 1410. The second-order valence-electron chi connectivity index (χ2n) is 7.15. The van der Waals surface area contributed by atoms with E-state index in [-0.39, 0.29) is 22.2 Å². The fraction of sp³-hybridized carbons (Fsp3) is 0.0909. The van der Waals surface area contributed by atoms with Crippen molar-refractivity contribution in [3.05, 3.63) is 93.1 Å². The van der Waals surface area contributed by atoms with Crippen LogP contribution in [0.25, 0.3) is 16.4 Å². The summed E-state index contributed by atoms with van der Waals surface area (Å²) in [4.78, 5) is 26.7. The number of rotatable bonds is 6. The van der Waals surface area contributed by atoms with Crippen LogP contribution in [0, 0.1) is 10.1 Å². The molecule has 13 heteroatoms. The van der Waals surface area contributed by atoms with Gasteiger partial charge in [-0.1, -0.05) is 30.3 Å². The molecular weight excluding hydrogens is 485 g/mol. The number of nitrogens with zero attached hydrogens (tertiary/aromatic N) is 5. The van der Waals surface area contributed by atoms with E-state index in [0.717, 1.165) is 17.4 Å². The Morgan fingerprint density at radius 3 is 2.46 bits per heavy atom. The number of benzene rings is 2. The molecule has 4 aromatic rings. The Kier molecular flexibility index (Phi) is 6.42. The summed E-state index contributed by atoms with van der Waals surface area (Å²) in [6.45, 7) is 1.58. The van der Waals surface area contributed by atoms with Crippen LogP contribution in [0.5, 0.6) is 0 Å². The fourth-order valence-corrected chi connectivity index (χ4v) is 3.79. The van der Waals surface area contributed by atoms with E-state index in [1.807, 2.05) is 0 Å². The van der Waals surface area contributed by atoms with Crippen LogP contribution in [-0.4, -0.2) is 31.3 Å². The number of hydrazone groups is 1. The second-order valence-corrected chi connectivity index (χ2v) is 7.98. The molecule has 0 aliphatic heterocycles. The molecule has 0 radical (unpaired) electrons. The molecule has 9 nitrogen and oxygen atoms in total. The van der Waals surface area contributed by atoms with Gasteiger partial charge < -0.3 is 0 Å². The average molecular weight is 500 g/mol. The first-order valence-corrected chi connectivity index (χ1v) is 10.8. The SMILES string of the molecule is C/C(=N\NC(=O)c1csc(-n2nc(-c3ccccc3)cc2C(F)(F)F)n1)c1ccc([N+](=O)[O-])cc1. The van der Waals surface area contributed by atoms with Crippen LogP contribution in [0.2, 0.25) is 0 Å². The van der Waals surface area contributed by atoms with Gasteiger partial charge in [-0.25, -0.2) is 15.1 Å². The van der Waals surface area contributed by atoms with Crippen molar-refractivity contribution >= 4 is 28.6 Å². The second kappa shape index (κ2) is 9.46. The Morgan fingerprint density at radius 1 is 1.14 bits per heavy atom. The lowest BCUT2D eigenvalue weighted by Gasteiger charge is -2.07. The summed E-state index contributed by atoms with van der Waals surface area (Å²) in [5.41, 5.74) is 2.54. The van der Waals surface area contributed by atoms with Gasteiger partial charge >= 0.3 is 6.18 Å². The molecular formula is C22H15F3N6O3S. The molecule has 1 amide bonds. The number of amides is 1. The van der Waals surface area contributed by atoms with Gasteiger partial charge in [0.25, 0.3) is 11.6 Å². The number of carbonyl (C=O) groups excluding carboxylic acids is 1. The molecule has 2 aromatic carbocycles. The summed E-state index contributed by atoms with van der Waals surface area (Å²) in [7, 11) is 0. The minimum absolute atomic E-state index is 0.0899. The van der Waals surface area contributed by atoms with Gasteiger partial charge in [0.15, 0.2) is 5.69 Å². The van der Waals surface area contributed by atoms with E-state index in [4.69, 9.17) is 0 Å². The first kappa shape index (κ1) is 23.8. The monoisotopic (exact) mass is 500 g/mol. The molecule has 178 valence electrons. The zero-order chi connectivity index (χ0) is 25.2. The number of nitro benzene ring substituents is 1. The number of hydrogen-bond acceptors (Lipinski definition) is 7.